The number of benzene rings is 2. The number of carbonyl (C=O) groups is 3. The second kappa shape index (κ2) is 7.45. The fourth-order valence-electron chi connectivity index (χ4n) is 2.10. The summed E-state index contributed by atoms with van der Waals surface area (Å²) < 4.78 is 26.2. The molecule has 5 nitrogen and oxygen atoms in total. The summed E-state index contributed by atoms with van der Waals surface area (Å²) in [6.45, 7) is 0. The van der Waals surface area contributed by atoms with E-state index < -0.39 is 41.8 Å². The van der Waals surface area contributed by atoms with E-state index in [0.717, 1.165) is 0 Å². The minimum atomic E-state index is -1.70. The Hall–Kier alpha value is -3.09. The van der Waals surface area contributed by atoms with Gasteiger partial charge in [0, 0.05) is 0 Å². The molecule has 2 aromatic rings. The summed E-state index contributed by atoms with van der Waals surface area (Å²) in [6, 6.07) is 9.73. The van der Waals surface area contributed by atoms with Gasteiger partial charge in [-0.25, -0.2) is 13.6 Å². The molecule has 0 fully saturated rings. The number of rotatable bonds is 6. The quantitative estimate of drug-likeness (QED) is 0.627. The number of hydrogen-bond acceptors (Lipinski definition) is 3. The minimum Gasteiger partial charge on any atom is -0.475 e. The topological polar surface area (TPSA) is 83.5 Å². The molecule has 0 aromatic heterocycles. The van der Waals surface area contributed by atoms with Crippen LogP contribution in [0.1, 0.15) is 23.6 Å². The molecule has 2 N–H and O–H groups in total. The van der Waals surface area contributed by atoms with Crippen molar-refractivity contribution in [1.29, 1.82) is 0 Å². The van der Waals surface area contributed by atoms with Crippen molar-refractivity contribution in [3.8, 4) is 0 Å². The van der Waals surface area contributed by atoms with E-state index >= 15 is 0 Å². The molecule has 0 aliphatic heterocycles. The predicted octanol–water partition coefficient (Wildman–Crippen LogP) is 2.21. The van der Waals surface area contributed by atoms with E-state index in [0.29, 0.717) is 11.1 Å². The molecule has 1 amide bonds. The van der Waals surface area contributed by atoms with Crippen molar-refractivity contribution in [3.05, 3.63) is 71.3 Å². The van der Waals surface area contributed by atoms with Gasteiger partial charge in [-0.3, -0.25) is 9.59 Å². The third-order valence-electron chi connectivity index (χ3n) is 3.27. The van der Waals surface area contributed by atoms with Gasteiger partial charge in [0.2, 0.25) is 11.7 Å². The Morgan fingerprint density at radius 2 is 1.29 bits per heavy atom. The van der Waals surface area contributed by atoms with Gasteiger partial charge in [0.15, 0.2) is 0 Å². The van der Waals surface area contributed by atoms with Crippen molar-refractivity contribution in [2.24, 2.45) is 0 Å². The van der Waals surface area contributed by atoms with Gasteiger partial charge in [0.05, 0.1) is 12.5 Å². The van der Waals surface area contributed by atoms with Gasteiger partial charge in [-0.05, 0) is 35.4 Å². The molecule has 24 heavy (non-hydrogen) atoms. The maximum atomic E-state index is 13.1. The lowest BCUT2D eigenvalue weighted by molar-refractivity contribution is -0.150. The Morgan fingerprint density at radius 1 is 0.875 bits per heavy atom. The number of hydrogen-bond donors (Lipinski definition) is 2. The van der Waals surface area contributed by atoms with Crippen LogP contribution in [0.3, 0.4) is 0 Å². The van der Waals surface area contributed by atoms with E-state index in [1.54, 1.807) is 0 Å². The number of carboxylic acid groups (broad SMARTS) is 1. The number of ketones is 1. The normalized spacial score (nSPS) is 10.5. The summed E-state index contributed by atoms with van der Waals surface area (Å²) in [6.07, 6.45) is -0.825. The van der Waals surface area contributed by atoms with Gasteiger partial charge in [0.25, 0.3) is 0 Å². The third-order valence-corrected chi connectivity index (χ3v) is 3.27. The molecule has 2 aromatic carbocycles. The van der Waals surface area contributed by atoms with Crippen LogP contribution in [-0.2, 0) is 14.4 Å². The van der Waals surface area contributed by atoms with Crippen LogP contribution in [0.2, 0.25) is 0 Å². The second-order valence-electron chi connectivity index (χ2n) is 5.01. The van der Waals surface area contributed by atoms with Crippen molar-refractivity contribution in [3.63, 3.8) is 0 Å². The highest BCUT2D eigenvalue weighted by Gasteiger charge is 2.21. The monoisotopic (exact) mass is 333 g/mol. The Balaban J connectivity index is 2.27. The molecule has 0 unspecified atom stereocenters. The standard InChI is InChI=1S/C17H13F2NO4/c18-12-5-1-10(2-6-12)16(11-3-7-13(19)8-4-11)20-15(22)9-14(21)17(23)24/h1-8,16H,9H2,(H,20,22)(H,23,24). The number of carboxylic acids is 1. The van der Waals surface area contributed by atoms with E-state index in [9.17, 15) is 23.2 Å². The van der Waals surface area contributed by atoms with Gasteiger partial charge in [-0.2, -0.15) is 0 Å². The summed E-state index contributed by atoms with van der Waals surface area (Å²) in [5, 5.41) is 11.1. The van der Waals surface area contributed by atoms with Crippen molar-refractivity contribution < 1.29 is 28.3 Å². The summed E-state index contributed by atoms with van der Waals surface area (Å²) >= 11 is 0. The van der Waals surface area contributed by atoms with E-state index in [1.807, 2.05) is 0 Å². The zero-order valence-corrected chi connectivity index (χ0v) is 12.3. The average molecular weight is 333 g/mol. The van der Waals surface area contributed by atoms with E-state index in [-0.39, 0.29) is 0 Å². The molecule has 0 saturated carbocycles. The van der Waals surface area contributed by atoms with Gasteiger partial charge < -0.3 is 10.4 Å². The van der Waals surface area contributed by atoms with Gasteiger partial charge >= 0.3 is 5.97 Å². The number of nitrogens with one attached hydrogen (secondary N) is 1. The summed E-state index contributed by atoms with van der Waals surface area (Å²) in [5.74, 6) is -4.69. The van der Waals surface area contributed by atoms with Gasteiger partial charge in [-0.15, -0.1) is 0 Å². The highest BCUT2D eigenvalue weighted by atomic mass is 19.1. The maximum absolute atomic E-state index is 13.1. The third kappa shape index (κ3) is 4.45. The Bertz CT molecular complexity index is 712. The lowest BCUT2D eigenvalue weighted by atomic mass is 9.98. The molecule has 0 radical (unpaired) electrons. The van der Waals surface area contributed by atoms with Crippen molar-refractivity contribution in [2.75, 3.05) is 0 Å². The first-order chi connectivity index (χ1) is 11.4. The largest absolute Gasteiger partial charge is 0.475 e. The Kier molecular flexibility index (Phi) is 5.36. The van der Waals surface area contributed by atoms with Crippen LogP contribution < -0.4 is 5.32 Å². The first-order valence-electron chi connectivity index (χ1n) is 6.93. The Labute approximate surface area is 135 Å². The van der Waals surface area contributed by atoms with Crippen molar-refractivity contribution in [2.45, 2.75) is 12.5 Å². The summed E-state index contributed by atoms with van der Waals surface area (Å²) in [4.78, 5) is 33.6. The molecule has 0 heterocycles. The van der Waals surface area contributed by atoms with Crippen LogP contribution in [0.4, 0.5) is 8.78 Å². The Morgan fingerprint density at radius 3 is 1.67 bits per heavy atom. The molecule has 0 spiro atoms. The van der Waals surface area contributed by atoms with Crippen LogP contribution in [0.15, 0.2) is 48.5 Å². The fourth-order valence-corrected chi connectivity index (χ4v) is 2.10. The first-order valence-corrected chi connectivity index (χ1v) is 6.93. The molecular formula is C17H13F2NO4. The zero-order valence-electron chi connectivity index (χ0n) is 12.3. The van der Waals surface area contributed by atoms with Gasteiger partial charge in [-0.1, -0.05) is 24.3 Å². The molecule has 0 saturated heterocycles. The lowest BCUT2D eigenvalue weighted by Crippen LogP contribution is -2.32. The number of halogens is 2. The minimum absolute atomic E-state index is 0.469. The molecule has 0 bridgehead atoms. The predicted molar refractivity (Wildman–Crippen MR) is 80.0 cm³/mol. The van der Waals surface area contributed by atoms with Crippen molar-refractivity contribution in [1.82, 2.24) is 5.32 Å². The summed E-state index contributed by atoms with van der Waals surface area (Å²) in [5.41, 5.74) is 0.998. The van der Waals surface area contributed by atoms with Gasteiger partial charge in [0.1, 0.15) is 11.6 Å². The molecule has 0 aliphatic carbocycles. The van der Waals surface area contributed by atoms with Crippen LogP contribution in [-0.4, -0.2) is 22.8 Å². The van der Waals surface area contributed by atoms with E-state index in [1.165, 1.54) is 48.5 Å². The summed E-state index contributed by atoms with van der Waals surface area (Å²) in [7, 11) is 0. The van der Waals surface area contributed by atoms with Crippen molar-refractivity contribution >= 4 is 17.7 Å². The number of Topliss-reactive ketones (excluding diaryl/α,β-unsaturated/α-hetero) is 1. The van der Waals surface area contributed by atoms with Crippen LogP contribution in [0.5, 0.6) is 0 Å². The first kappa shape index (κ1) is 17.3. The van der Waals surface area contributed by atoms with E-state index in [2.05, 4.69) is 5.32 Å². The maximum Gasteiger partial charge on any atom is 0.372 e. The number of amides is 1. The zero-order chi connectivity index (χ0) is 17.7. The van der Waals surface area contributed by atoms with E-state index in [4.69, 9.17) is 5.11 Å². The molecule has 0 atom stereocenters. The fraction of sp³-hybridized carbons (Fsp3) is 0.118. The number of carbonyl (C=O) groups excluding carboxylic acids is 2. The molecule has 7 heteroatoms. The molecule has 2 rings (SSSR count). The van der Waals surface area contributed by atoms with Crippen LogP contribution >= 0.6 is 0 Å². The molecule has 0 aliphatic rings. The molecule has 124 valence electrons. The SMILES string of the molecule is O=C(CC(=O)C(=O)O)NC(c1ccc(F)cc1)c1ccc(F)cc1. The van der Waals surface area contributed by atoms with Crippen LogP contribution in [0, 0.1) is 11.6 Å². The smallest absolute Gasteiger partial charge is 0.372 e. The highest BCUT2D eigenvalue weighted by Crippen LogP contribution is 2.23. The average Bonchev–Trinajstić information content (AvgIpc) is 2.54. The molecular weight excluding hydrogens is 320 g/mol. The second-order valence-corrected chi connectivity index (χ2v) is 5.01. The van der Waals surface area contributed by atoms with Crippen LogP contribution in [0.25, 0.3) is 0 Å². The highest BCUT2D eigenvalue weighted by molar-refractivity contribution is 6.36. The number of aliphatic carboxylic acids is 1. The lowest BCUT2D eigenvalue weighted by Gasteiger charge is -2.19.